The van der Waals surface area contributed by atoms with Gasteiger partial charge in [-0.05, 0) is 48.0 Å². The molecule has 0 amide bonds. The zero-order valence-corrected chi connectivity index (χ0v) is 15.1. The van der Waals surface area contributed by atoms with Crippen molar-refractivity contribution in [2.24, 2.45) is 34.0 Å². The maximum absolute atomic E-state index is 13.2. The van der Waals surface area contributed by atoms with Crippen LogP contribution < -0.4 is 0 Å². The molecule has 4 fully saturated rings. The van der Waals surface area contributed by atoms with E-state index in [0.29, 0.717) is 18.4 Å². The molecular formula is C20H30O5. The van der Waals surface area contributed by atoms with Crippen molar-refractivity contribution in [2.45, 2.75) is 64.3 Å². The van der Waals surface area contributed by atoms with Gasteiger partial charge in [0.15, 0.2) is 5.78 Å². The molecule has 4 saturated carbocycles. The summed E-state index contributed by atoms with van der Waals surface area (Å²) in [7, 11) is 0. The fourth-order valence-electron chi connectivity index (χ4n) is 7.51. The van der Waals surface area contributed by atoms with Gasteiger partial charge in [-0.1, -0.05) is 26.8 Å². The Kier molecular flexibility index (Phi) is 3.64. The molecule has 5 heteroatoms. The smallest absolute Gasteiger partial charge is 0.170 e. The van der Waals surface area contributed by atoms with Gasteiger partial charge < -0.3 is 20.4 Å². The third-order valence-electron chi connectivity index (χ3n) is 8.58. The third kappa shape index (κ3) is 1.81. The average molecular weight is 350 g/mol. The van der Waals surface area contributed by atoms with Crippen LogP contribution in [-0.2, 0) is 4.79 Å². The number of Topliss-reactive ketones (excluding diaryl/α,β-unsaturated/α-hetero) is 1. The Bertz CT molecular complexity index is 632. The molecule has 0 aromatic carbocycles. The van der Waals surface area contributed by atoms with Crippen molar-refractivity contribution in [2.75, 3.05) is 6.61 Å². The van der Waals surface area contributed by atoms with Crippen molar-refractivity contribution >= 4 is 5.78 Å². The summed E-state index contributed by atoms with van der Waals surface area (Å²) in [5.74, 6) is -1.21. The predicted molar refractivity (Wildman–Crippen MR) is 91.5 cm³/mol. The summed E-state index contributed by atoms with van der Waals surface area (Å²) in [4.78, 5) is 13.2. The van der Waals surface area contributed by atoms with Gasteiger partial charge in [0.25, 0.3) is 0 Å². The topological polar surface area (TPSA) is 98.0 Å². The van der Waals surface area contributed by atoms with E-state index in [2.05, 4.69) is 13.5 Å². The highest BCUT2D eigenvalue weighted by molar-refractivity contribution is 6.04. The van der Waals surface area contributed by atoms with Crippen LogP contribution in [0.15, 0.2) is 12.2 Å². The second kappa shape index (κ2) is 5.16. The first-order valence-electron chi connectivity index (χ1n) is 9.53. The molecule has 0 saturated heterocycles. The summed E-state index contributed by atoms with van der Waals surface area (Å²) in [6.07, 6.45) is 0.574. The molecule has 0 heterocycles. The Morgan fingerprint density at radius 3 is 2.48 bits per heavy atom. The van der Waals surface area contributed by atoms with Gasteiger partial charge in [0, 0.05) is 18.4 Å². The van der Waals surface area contributed by atoms with Gasteiger partial charge in [0.05, 0.1) is 23.7 Å². The summed E-state index contributed by atoms with van der Waals surface area (Å²) < 4.78 is 0. The van der Waals surface area contributed by atoms with Gasteiger partial charge in [0.2, 0.25) is 0 Å². The molecule has 0 aromatic rings. The molecular weight excluding hydrogens is 320 g/mol. The summed E-state index contributed by atoms with van der Waals surface area (Å²) >= 11 is 0. The van der Waals surface area contributed by atoms with Gasteiger partial charge in [-0.25, -0.2) is 0 Å². The predicted octanol–water partition coefficient (Wildman–Crippen LogP) is 1.04. The fraction of sp³-hybridized carbons (Fsp3) is 0.850. The first kappa shape index (κ1) is 17.7. The molecule has 4 rings (SSSR count). The lowest BCUT2D eigenvalue weighted by Crippen LogP contribution is -2.70. The highest BCUT2D eigenvalue weighted by Crippen LogP contribution is 2.70. The lowest BCUT2D eigenvalue weighted by Gasteiger charge is -2.66. The van der Waals surface area contributed by atoms with Crippen molar-refractivity contribution in [3.8, 4) is 0 Å². The van der Waals surface area contributed by atoms with Crippen molar-refractivity contribution < 1.29 is 25.2 Å². The summed E-state index contributed by atoms with van der Waals surface area (Å²) in [5.41, 5.74) is -1.72. The number of fused-ring (bicyclic) bond motifs is 3. The second-order valence-electron chi connectivity index (χ2n) is 9.60. The Hall–Kier alpha value is -0.750. The molecule has 9 unspecified atom stereocenters. The van der Waals surface area contributed by atoms with Gasteiger partial charge in [0.1, 0.15) is 0 Å². The zero-order valence-electron chi connectivity index (χ0n) is 15.1. The molecule has 25 heavy (non-hydrogen) atoms. The maximum Gasteiger partial charge on any atom is 0.170 e. The van der Waals surface area contributed by atoms with E-state index in [1.165, 1.54) is 0 Å². The van der Waals surface area contributed by atoms with Gasteiger partial charge in [-0.3, -0.25) is 4.79 Å². The fourth-order valence-corrected chi connectivity index (χ4v) is 7.51. The second-order valence-corrected chi connectivity index (χ2v) is 9.60. The van der Waals surface area contributed by atoms with Crippen LogP contribution in [-0.4, -0.2) is 51.1 Å². The van der Waals surface area contributed by atoms with E-state index >= 15 is 0 Å². The number of aliphatic hydroxyl groups is 4. The van der Waals surface area contributed by atoms with E-state index < -0.39 is 41.0 Å². The number of hydrogen-bond donors (Lipinski definition) is 4. The lowest BCUT2D eigenvalue weighted by atomic mass is 9.39. The van der Waals surface area contributed by atoms with E-state index in [-0.39, 0.29) is 23.7 Å². The van der Waals surface area contributed by atoms with Crippen molar-refractivity contribution in [1.82, 2.24) is 0 Å². The maximum atomic E-state index is 13.2. The summed E-state index contributed by atoms with van der Waals surface area (Å²) in [5, 5.41) is 43.2. The minimum atomic E-state index is -1.33. The Balaban J connectivity index is 1.91. The molecule has 0 aliphatic heterocycles. The van der Waals surface area contributed by atoms with Crippen LogP contribution in [0.25, 0.3) is 0 Å². The largest absolute Gasteiger partial charge is 0.396 e. The minimum Gasteiger partial charge on any atom is -0.396 e. The van der Waals surface area contributed by atoms with Gasteiger partial charge in [-0.2, -0.15) is 0 Å². The third-order valence-corrected chi connectivity index (χ3v) is 8.58. The number of carbonyl (C=O) groups excluding carboxylic acids is 1. The van der Waals surface area contributed by atoms with Crippen LogP contribution in [0, 0.1) is 34.0 Å². The van der Waals surface area contributed by atoms with Crippen LogP contribution in [0.5, 0.6) is 0 Å². The molecule has 5 nitrogen and oxygen atoms in total. The van der Waals surface area contributed by atoms with Gasteiger partial charge in [-0.15, -0.1) is 0 Å². The van der Waals surface area contributed by atoms with Crippen molar-refractivity contribution in [3.63, 3.8) is 0 Å². The Morgan fingerprint density at radius 2 is 1.84 bits per heavy atom. The van der Waals surface area contributed by atoms with E-state index in [9.17, 15) is 25.2 Å². The van der Waals surface area contributed by atoms with E-state index in [1.807, 2.05) is 6.92 Å². The molecule has 0 aromatic heterocycles. The molecule has 0 radical (unpaired) electrons. The molecule has 2 bridgehead atoms. The Labute approximate surface area is 148 Å². The molecule has 4 N–H and O–H groups in total. The normalized spacial score (nSPS) is 58.0. The lowest BCUT2D eigenvalue weighted by molar-refractivity contribution is -0.255. The highest BCUT2D eigenvalue weighted by atomic mass is 16.3. The number of hydrogen-bond acceptors (Lipinski definition) is 5. The van der Waals surface area contributed by atoms with Crippen LogP contribution in [0.4, 0.5) is 0 Å². The molecule has 140 valence electrons. The molecule has 9 atom stereocenters. The zero-order chi connectivity index (χ0) is 18.4. The van der Waals surface area contributed by atoms with Crippen molar-refractivity contribution in [1.29, 1.82) is 0 Å². The standard InChI is InChI=1S/C20H30O5/c1-10-11-7-12(22)15-19(3)6-4-5-18(2,9-21)13(19)8-14(23)20(15,16(10)24)17(11)25/h11-15,17,21-23,25H,1,4-9H2,2-3H3. The van der Waals surface area contributed by atoms with Crippen LogP contribution in [0.1, 0.15) is 46.0 Å². The first-order chi connectivity index (χ1) is 11.6. The van der Waals surface area contributed by atoms with E-state index in [0.717, 1.165) is 19.3 Å². The quantitative estimate of drug-likeness (QED) is 0.530. The average Bonchev–Trinajstić information content (AvgIpc) is 2.68. The highest BCUT2D eigenvalue weighted by Gasteiger charge is 2.76. The Morgan fingerprint density at radius 1 is 1.16 bits per heavy atom. The minimum absolute atomic E-state index is 0.00411. The first-order valence-corrected chi connectivity index (χ1v) is 9.53. The monoisotopic (exact) mass is 350 g/mol. The van der Waals surface area contributed by atoms with Crippen LogP contribution >= 0.6 is 0 Å². The molecule has 4 aliphatic carbocycles. The van der Waals surface area contributed by atoms with Crippen LogP contribution in [0.3, 0.4) is 0 Å². The molecule has 1 spiro atoms. The van der Waals surface area contributed by atoms with E-state index in [4.69, 9.17) is 0 Å². The van der Waals surface area contributed by atoms with Crippen LogP contribution in [0.2, 0.25) is 0 Å². The number of ketones is 1. The summed E-state index contributed by atoms with van der Waals surface area (Å²) in [6.45, 7) is 8.05. The van der Waals surface area contributed by atoms with Crippen molar-refractivity contribution in [3.05, 3.63) is 12.2 Å². The van der Waals surface area contributed by atoms with Gasteiger partial charge >= 0.3 is 0 Å². The number of carbonyl (C=O) groups is 1. The SMILES string of the molecule is C=C1C(=O)C23C(O)CC4C(C)(CO)CCCC4(C)C2C(O)CC1C3O. The number of rotatable bonds is 1. The number of aliphatic hydroxyl groups excluding tert-OH is 4. The molecule has 4 aliphatic rings. The summed E-state index contributed by atoms with van der Waals surface area (Å²) in [6, 6.07) is 0. The van der Waals surface area contributed by atoms with E-state index in [1.54, 1.807) is 0 Å².